The summed E-state index contributed by atoms with van der Waals surface area (Å²) in [6.45, 7) is -0.353. The molecular formula is C10H9BrClNO4. The monoisotopic (exact) mass is 321 g/mol. The van der Waals surface area contributed by atoms with Crippen LogP contribution in [0.5, 0.6) is 0 Å². The number of benzene rings is 1. The normalized spacial score (nSPS) is 11.9. The fourth-order valence-electron chi connectivity index (χ4n) is 1.02. The Kier molecular flexibility index (Phi) is 4.92. The van der Waals surface area contributed by atoms with Gasteiger partial charge < -0.3 is 15.5 Å². The summed E-state index contributed by atoms with van der Waals surface area (Å²) in [5.41, 5.74) is 0.318. The van der Waals surface area contributed by atoms with Crippen molar-refractivity contribution < 1.29 is 19.8 Å². The van der Waals surface area contributed by atoms with Gasteiger partial charge in [0.25, 0.3) is 5.91 Å². The Labute approximate surface area is 111 Å². The molecule has 3 N–H and O–H groups in total. The van der Waals surface area contributed by atoms with Crippen molar-refractivity contribution in [1.29, 1.82) is 0 Å². The Bertz CT molecular complexity index is 452. The predicted octanol–water partition coefficient (Wildman–Crippen LogP) is 1.28. The van der Waals surface area contributed by atoms with E-state index in [1.165, 1.54) is 18.2 Å². The molecular weight excluding hydrogens is 313 g/mol. The highest BCUT2D eigenvalue weighted by Gasteiger charge is 2.15. The molecule has 1 rings (SSSR count). The maximum absolute atomic E-state index is 11.6. The summed E-state index contributed by atoms with van der Waals surface area (Å²) >= 11 is 8.92. The van der Waals surface area contributed by atoms with Gasteiger partial charge in [0.1, 0.15) is 0 Å². The van der Waals surface area contributed by atoms with Crippen molar-refractivity contribution in [3.63, 3.8) is 0 Å². The summed E-state index contributed by atoms with van der Waals surface area (Å²) in [7, 11) is 0. The van der Waals surface area contributed by atoms with Crippen LogP contribution in [0.1, 0.15) is 10.4 Å². The zero-order valence-electron chi connectivity index (χ0n) is 8.48. The summed E-state index contributed by atoms with van der Waals surface area (Å²) in [6, 6.07) is 4.54. The van der Waals surface area contributed by atoms with E-state index in [0.717, 1.165) is 0 Å². The minimum atomic E-state index is -1.62. The summed E-state index contributed by atoms with van der Waals surface area (Å²) in [5, 5.41) is 20.2. The van der Waals surface area contributed by atoms with E-state index >= 15 is 0 Å². The highest BCUT2D eigenvalue weighted by atomic mass is 79.9. The zero-order chi connectivity index (χ0) is 13.0. The average Bonchev–Trinajstić information content (AvgIpc) is 2.28. The molecule has 0 heterocycles. The van der Waals surface area contributed by atoms with E-state index in [4.69, 9.17) is 21.8 Å². The number of nitrogens with one attached hydrogen (secondary N) is 1. The van der Waals surface area contributed by atoms with Crippen LogP contribution in [0.15, 0.2) is 22.7 Å². The Balaban J connectivity index is 2.64. The quantitative estimate of drug-likeness (QED) is 0.779. The van der Waals surface area contributed by atoms with Crippen LogP contribution in [0, 0.1) is 0 Å². The van der Waals surface area contributed by atoms with Crippen LogP contribution >= 0.6 is 27.5 Å². The maximum Gasteiger partial charge on any atom is 0.334 e. The number of carboxylic acid groups (broad SMARTS) is 1. The molecule has 1 aromatic carbocycles. The van der Waals surface area contributed by atoms with Crippen molar-refractivity contribution >= 4 is 39.4 Å². The van der Waals surface area contributed by atoms with Crippen LogP contribution in [-0.4, -0.2) is 34.7 Å². The highest BCUT2D eigenvalue weighted by Crippen LogP contribution is 2.23. The second kappa shape index (κ2) is 6.00. The number of halogens is 2. The molecule has 0 saturated carbocycles. The molecule has 0 aromatic heterocycles. The van der Waals surface area contributed by atoms with Crippen molar-refractivity contribution in [2.24, 2.45) is 0 Å². The van der Waals surface area contributed by atoms with E-state index in [1.807, 2.05) is 0 Å². The fourth-order valence-corrected chi connectivity index (χ4v) is 1.51. The van der Waals surface area contributed by atoms with Crippen LogP contribution in [0.4, 0.5) is 0 Å². The lowest BCUT2D eigenvalue weighted by atomic mass is 10.2. The Morgan fingerprint density at radius 1 is 1.47 bits per heavy atom. The number of carboxylic acids is 1. The lowest BCUT2D eigenvalue weighted by molar-refractivity contribution is -0.146. The number of hydrogen-bond donors (Lipinski definition) is 3. The van der Waals surface area contributed by atoms with Crippen LogP contribution in [0.3, 0.4) is 0 Å². The minimum Gasteiger partial charge on any atom is -0.479 e. The van der Waals surface area contributed by atoms with Gasteiger partial charge in [-0.1, -0.05) is 11.6 Å². The van der Waals surface area contributed by atoms with Gasteiger partial charge in [-0.3, -0.25) is 4.79 Å². The number of amides is 1. The maximum atomic E-state index is 11.6. The second-order valence-electron chi connectivity index (χ2n) is 3.19. The van der Waals surface area contributed by atoms with Gasteiger partial charge >= 0.3 is 5.97 Å². The first kappa shape index (κ1) is 14.0. The van der Waals surface area contributed by atoms with E-state index in [9.17, 15) is 9.59 Å². The van der Waals surface area contributed by atoms with Crippen LogP contribution in [-0.2, 0) is 4.79 Å². The van der Waals surface area contributed by atoms with E-state index in [1.54, 1.807) is 0 Å². The van der Waals surface area contributed by atoms with Gasteiger partial charge in [-0.15, -0.1) is 0 Å². The second-order valence-corrected chi connectivity index (χ2v) is 4.45. The third kappa shape index (κ3) is 3.99. The van der Waals surface area contributed by atoms with Gasteiger partial charge in [0.15, 0.2) is 6.10 Å². The molecule has 0 bridgehead atoms. The molecule has 0 radical (unpaired) electrons. The first-order valence-corrected chi connectivity index (χ1v) is 5.73. The van der Waals surface area contributed by atoms with E-state index in [0.29, 0.717) is 15.1 Å². The highest BCUT2D eigenvalue weighted by molar-refractivity contribution is 9.10. The van der Waals surface area contributed by atoms with Gasteiger partial charge in [0.2, 0.25) is 0 Å². The smallest absolute Gasteiger partial charge is 0.334 e. The van der Waals surface area contributed by atoms with Crippen molar-refractivity contribution in [3.8, 4) is 0 Å². The summed E-state index contributed by atoms with van der Waals surface area (Å²) in [6.07, 6.45) is -1.62. The average molecular weight is 323 g/mol. The number of aliphatic hydroxyl groups excluding tert-OH is 1. The molecule has 0 spiro atoms. The van der Waals surface area contributed by atoms with Crippen LogP contribution in [0.25, 0.3) is 0 Å². The van der Waals surface area contributed by atoms with Crippen LogP contribution in [0.2, 0.25) is 5.02 Å². The van der Waals surface area contributed by atoms with Crippen LogP contribution < -0.4 is 5.32 Å². The molecule has 92 valence electrons. The van der Waals surface area contributed by atoms with Crippen molar-refractivity contribution in [2.45, 2.75) is 6.10 Å². The molecule has 1 aromatic rings. The summed E-state index contributed by atoms with van der Waals surface area (Å²) < 4.78 is 0.561. The van der Waals surface area contributed by atoms with Gasteiger partial charge in [-0.2, -0.15) is 0 Å². The lowest BCUT2D eigenvalue weighted by Gasteiger charge is -2.08. The lowest BCUT2D eigenvalue weighted by Crippen LogP contribution is -2.36. The third-order valence-electron chi connectivity index (χ3n) is 1.92. The van der Waals surface area contributed by atoms with Crippen molar-refractivity contribution in [3.05, 3.63) is 33.3 Å². The topological polar surface area (TPSA) is 86.6 Å². The fraction of sp³-hybridized carbons (Fsp3) is 0.200. The largest absolute Gasteiger partial charge is 0.479 e. The summed E-state index contributed by atoms with van der Waals surface area (Å²) in [5.74, 6) is -1.87. The number of carbonyl (C=O) groups is 2. The number of carbonyl (C=O) groups excluding carboxylic acids is 1. The SMILES string of the molecule is O=C(NC[C@H](O)C(=O)O)c1ccc(Cl)c(Br)c1. The first-order chi connectivity index (χ1) is 7.91. The van der Waals surface area contributed by atoms with Gasteiger partial charge in [0, 0.05) is 10.0 Å². The molecule has 0 aliphatic rings. The molecule has 5 nitrogen and oxygen atoms in total. The Morgan fingerprint density at radius 2 is 2.12 bits per heavy atom. The van der Waals surface area contributed by atoms with Crippen molar-refractivity contribution in [1.82, 2.24) is 5.32 Å². The molecule has 17 heavy (non-hydrogen) atoms. The molecule has 0 fully saturated rings. The summed E-state index contributed by atoms with van der Waals surface area (Å²) in [4.78, 5) is 21.9. The van der Waals surface area contributed by atoms with Gasteiger partial charge in [-0.25, -0.2) is 4.79 Å². The number of hydrogen-bond acceptors (Lipinski definition) is 3. The molecule has 7 heteroatoms. The Hall–Kier alpha value is -1.11. The van der Waals surface area contributed by atoms with Gasteiger partial charge in [0.05, 0.1) is 11.6 Å². The number of aliphatic hydroxyl groups is 1. The molecule has 0 aliphatic carbocycles. The number of rotatable bonds is 4. The molecule has 0 saturated heterocycles. The standard InChI is InChI=1S/C10H9BrClNO4/c11-6-3-5(1-2-7(6)12)9(15)13-4-8(14)10(16)17/h1-3,8,14H,4H2,(H,13,15)(H,16,17)/t8-/m0/s1. The predicted molar refractivity (Wildman–Crippen MR) is 65.1 cm³/mol. The molecule has 1 atom stereocenters. The first-order valence-electron chi connectivity index (χ1n) is 4.56. The van der Waals surface area contributed by atoms with Gasteiger partial charge in [-0.05, 0) is 34.1 Å². The molecule has 0 unspecified atom stereocenters. The Morgan fingerprint density at radius 3 is 2.65 bits per heavy atom. The molecule has 1 amide bonds. The van der Waals surface area contributed by atoms with Crippen molar-refractivity contribution in [2.75, 3.05) is 6.54 Å². The minimum absolute atomic E-state index is 0.318. The molecule has 0 aliphatic heterocycles. The van der Waals surface area contributed by atoms with E-state index in [-0.39, 0.29) is 6.54 Å². The third-order valence-corrected chi connectivity index (χ3v) is 3.14. The van der Waals surface area contributed by atoms with E-state index in [2.05, 4.69) is 21.2 Å². The van der Waals surface area contributed by atoms with E-state index < -0.39 is 18.0 Å². The number of aliphatic carboxylic acids is 1. The zero-order valence-corrected chi connectivity index (χ0v) is 10.8.